The summed E-state index contributed by atoms with van der Waals surface area (Å²) in [5, 5.41) is 1.62. The minimum absolute atomic E-state index is 0.0556. The summed E-state index contributed by atoms with van der Waals surface area (Å²) >= 11 is 6.04. The number of nitrogens with zero attached hydrogens (tertiary/aromatic N) is 2. The lowest BCUT2D eigenvalue weighted by Gasteiger charge is -2.34. The van der Waals surface area contributed by atoms with Crippen molar-refractivity contribution in [3.05, 3.63) is 58.6 Å². The smallest absolute Gasteiger partial charge is 0.289 e. The third kappa shape index (κ3) is 2.86. The average Bonchev–Trinajstić information content (AvgIpc) is 3.29. The molecular weight excluding hydrogens is 354 g/mol. The maximum atomic E-state index is 12.9. The fraction of sp³-hybridized carbons (Fsp3) is 0.263. The van der Waals surface area contributed by atoms with Crippen LogP contribution in [-0.2, 0) is 0 Å². The number of fused-ring (bicyclic) bond motifs is 1. The highest BCUT2D eigenvalue weighted by Gasteiger charge is 2.28. The van der Waals surface area contributed by atoms with Crippen LogP contribution in [0.25, 0.3) is 10.9 Å². The van der Waals surface area contributed by atoms with Gasteiger partial charge in [0.25, 0.3) is 11.8 Å². The number of aromatic amines is 1. The molecule has 1 N–H and O–H groups in total. The van der Waals surface area contributed by atoms with E-state index in [1.54, 1.807) is 21.9 Å². The van der Waals surface area contributed by atoms with E-state index in [1.165, 1.54) is 6.26 Å². The van der Waals surface area contributed by atoms with E-state index in [9.17, 15) is 9.59 Å². The third-order valence-corrected chi connectivity index (χ3v) is 5.06. The molecule has 3 aromatic rings. The van der Waals surface area contributed by atoms with Crippen molar-refractivity contribution in [2.75, 3.05) is 26.2 Å². The molecule has 3 heterocycles. The lowest BCUT2D eigenvalue weighted by molar-refractivity contribution is 0.0515. The van der Waals surface area contributed by atoms with Gasteiger partial charge in [0.1, 0.15) is 5.69 Å². The number of rotatable bonds is 2. The van der Waals surface area contributed by atoms with Crippen molar-refractivity contribution in [2.45, 2.75) is 6.92 Å². The normalized spacial score (nSPS) is 14.8. The van der Waals surface area contributed by atoms with Gasteiger partial charge >= 0.3 is 0 Å². The Morgan fingerprint density at radius 2 is 1.77 bits per heavy atom. The van der Waals surface area contributed by atoms with E-state index in [0.717, 1.165) is 16.5 Å². The topological polar surface area (TPSA) is 69.6 Å². The van der Waals surface area contributed by atoms with Gasteiger partial charge < -0.3 is 19.2 Å². The Balaban J connectivity index is 1.49. The zero-order chi connectivity index (χ0) is 18.3. The van der Waals surface area contributed by atoms with Gasteiger partial charge in [-0.25, -0.2) is 0 Å². The van der Waals surface area contributed by atoms with Crippen molar-refractivity contribution in [3.8, 4) is 0 Å². The Hall–Kier alpha value is -2.73. The van der Waals surface area contributed by atoms with Crippen LogP contribution in [0.15, 0.2) is 41.0 Å². The van der Waals surface area contributed by atoms with Gasteiger partial charge in [-0.3, -0.25) is 9.59 Å². The van der Waals surface area contributed by atoms with Gasteiger partial charge in [-0.15, -0.1) is 0 Å². The Labute approximate surface area is 155 Å². The van der Waals surface area contributed by atoms with Crippen molar-refractivity contribution < 1.29 is 14.0 Å². The molecule has 0 saturated carbocycles. The number of halogens is 1. The molecule has 0 unspecified atom stereocenters. The van der Waals surface area contributed by atoms with E-state index >= 15 is 0 Å². The lowest BCUT2D eigenvalue weighted by atomic mass is 10.1. The van der Waals surface area contributed by atoms with Crippen molar-refractivity contribution >= 4 is 34.3 Å². The van der Waals surface area contributed by atoms with E-state index in [1.807, 2.05) is 25.1 Å². The SMILES string of the molecule is Cc1c(C(=O)N2CCN(C(=O)c3ccco3)CC2)[nH]c2cc(Cl)ccc12. The van der Waals surface area contributed by atoms with Crippen LogP contribution in [0.3, 0.4) is 0 Å². The molecule has 0 bridgehead atoms. The van der Waals surface area contributed by atoms with Crippen molar-refractivity contribution in [3.63, 3.8) is 0 Å². The second kappa shape index (κ2) is 6.53. The highest BCUT2D eigenvalue weighted by Crippen LogP contribution is 2.25. The van der Waals surface area contributed by atoms with Gasteiger partial charge in [0.05, 0.1) is 6.26 Å². The summed E-state index contributed by atoms with van der Waals surface area (Å²) < 4.78 is 5.16. The van der Waals surface area contributed by atoms with Crippen molar-refractivity contribution in [2.24, 2.45) is 0 Å². The summed E-state index contributed by atoms with van der Waals surface area (Å²) in [7, 11) is 0. The molecule has 4 rings (SSSR count). The second-order valence-electron chi connectivity index (χ2n) is 6.38. The molecule has 1 aliphatic rings. The lowest BCUT2D eigenvalue weighted by Crippen LogP contribution is -2.50. The van der Waals surface area contributed by atoms with Crippen LogP contribution in [-0.4, -0.2) is 52.8 Å². The number of hydrogen-bond donors (Lipinski definition) is 1. The van der Waals surface area contributed by atoms with Gasteiger partial charge in [0.2, 0.25) is 0 Å². The summed E-state index contributed by atoms with van der Waals surface area (Å²) in [6, 6.07) is 8.90. The van der Waals surface area contributed by atoms with Gasteiger partial charge in [-0.05, 0) is 36.8 Å². The maximum absolute atomic E-state index is 12.9. The van der Waals surface area contributed by atoms with Crippen molar-refractivity contribution in [1.29, 1.82) is 0 Å². The highest BCUT2D eigenvalue weighted by atomic mass is 35.5. The molecule has 0 spiro atoms. The fourth-order valence-corrected chi connectivity index (χ4v) is 3.52. The predicted molar refractivity (Wildman–Crippen MR) is 98.6 cm³/mol. The number of aromatic nitrogens is 1. The number of furan rings is 1. The van der Waals surface area contributed by atoms with E-state index in [2.05, 4.69) is 4.98 Å². The van der Waals surface area contributed by atoms with E-state index in [4.69, 9.17) is 16.0 Å². The fourth-order valence-electron chi connectivity index (χ4n) is 3.35. The summed E-state index contributed by atoms with van der Waals surface area (Å²) in [6.45, 7) is 3.87. The summed E-state index contributed by atoms with van der Waals surface area (Å²) in [4.78, 5) is 31.9. The minimum Gasteiger partial charge on any atom is -0.459 e. The monoisotopic (exact) mass is 371 g/mol. The number of aryl methyl sites for hydroxylation is 1. The van der Waals surface area contributed by atoms with E-state index in [0.29, 0.717) is 42.7 Å². The van der Waals surface area contributed by atoms with E-state index < -0.39 is 0 Å². The van der Waals surface area contributed by atoms with E-state index in [-0.39, 0.29) is 11.8 Å². The van der Waals surface area contributed by atoms with Gasteiger partial charge in [0.15, 0.2) is 5.76 Å². The first-order valence-electron chi connectivity index (χ1n) is 8.44. The third-order valence-electron chi connectivity index (χ3n) is 4.82. The Kier molecular flexibility index (Phi) is 4.20. The van der Waals surface area contributed by atoms with Crippen LogP contribution in [0, 0.1) is 6.92 Å². The molecule has 1 aromatic carbocycles. The first-order valence-corrected chi connectivity index (χ1v) is 8.82. The van der Waals surface area contributed by atoms with Crippen molar-refractivity contribution in [1.82, 2.24) is 14.8 Å². The predicted octanol–water partition coefficient (Wildman–Crippen LogP) is 3.32. The number of benzene rings is 1. The molecule has 1 aliphatic heterocycles. The minimum atomic E-state index is -0.140. The summed E-state index contributed by atoms with van der Waals surface area (Å²) in [6.07, 6.45) is 1.48. The number of piperazine rings is 1. The zero-order valence-electron chi connectivity index (χ0n) is 14.3. The first kappa shape index (κ1) is 16.7. The number of nitrogens with one attached hydrogen (secondary N) is 1. The van der Waals surface area contributed by atoms with Gasteiger partial charge in [0, 0.05) is 42.1 Å². The van der Waals surface area contributed by atoms with Crippen LogP contribution in [0.4, 0.5) is 0 Å². The largest absolute Gasteiger partial charge is 0.459 e. The summed E-state index contributed by atoms with van der Waals surface area (Å²) in [5.41, 5.74) is 2.34. The van der Waals surface area contributed by atoms with Crippen LogP contribution >= 0.6 is 11.6 Å². The quantitative estimate of drug-likeness (QED) is 0.751. The zero-order valence-corrected chi connectivity index (χ0v) is 15.0. The molecule has 1 saturated heterocycles. The Morgan fingerprint density at radius 3 is 2.42 bits per heavy atom. The first-order chi connectivity index (χ1) is 12.5. The molecule has 0 aliphatic carbocycles. The number of amides is 2. The van der Waals surface area contributed by atoms with Gasteiger partial charge in [-0.1, -0.05) is 17.7 Å². The van der Waals surface area contributed by atoms with Gasteiger partial charge in [-0.2, -0.15) is 0 Å². The number of carbonyl (C=O) groups is 2. The molecular formula is C19H18ClN3O3. The van der Waals surface area contributed by atoms with Crippen LogP contribution in [0.2, 0.25) is 5.02 Å². The van der Waals surface area contributed by atoms with Crippen LogP contribution in [0.5, 0.6) is 0 Å². The maximum Gasteiger partial charge on any atom is 0.289 e. The molecule has 0 atom stereocenters. The molecule has 6 nitrogen and oxygen atoms in total. The second-order valence-corrected chi connectivity index (χ2v) is 6.81. The molecule has 26 heavy (non-hydrogen) atoms. The Morgan fingerprint density at radius 1 is 1.08 bits per heavy atom. The van der Waals surface area contributed by atoms with Crippen LogP contribution in [0.1, 0.15) is 26.6 Å². The summed E-state index contributed by atoms with van der Waals surface area (Å²) in [5.74, 6) is 0.131. The molecule has 7 heteroatoms. The number of H-pyrrole nitrogens is 1. The molecule has 1 fully saturated rings. The average molecular weight is 372 g/mol. The highest BCUT2D eigenvalue weighted by molar-refractivity contribution is 6.31. The molecule has 0 radical (unpaired) electrons. The molecule has 2 amide bonds. The standard InChI is InChI=1S/C19H18ClN3O3/c1-12-14-5-4-13(20)11-15(14)21-17(12)19(25)23-8-6-22(7-9-23)18(24)16-3-2-10-26-16/h2-5,10-11,21H,6-9H2,1H3. The Bertz CT molecular complexity index is 969. The van der Waals surface area contributed by atoms with Crippen LogP contribution < -0.4 is 0 Å². The molecule has 134 valence electrons. The number of hydrogen-bond acceptors (Lipinski definition) is 3. The number of carbonyl (C=O) groups excluding carboxylic acids is 2. The molecule has 2 aromatic heterocycles.